The molecule has 1 aliphatic rings. The third kappa shape index (κ3) is 3.00. The van der Waals surface area contributed by atoms with E-state index in [4.69, 9.17) is 16.1 Å². The van der Waals surface area contributed by atoms with Crippen LogP contribution in [0.1, 0.15) is 29.5 Å². The van der Waals surface area contributed by atoms with E-state index in [2.05, 4.69) is 17.4 Å². The van der Waals surface area contributed by atoms with Gasteiger partial charge in [0.1, 0.15) is 0 Å². The molecule has 2 aromatic carbocycles. The number of nitrogens with zero attached hydrogens (tertiary/aromatic N) is 1. The number of hydrogen-bond acceptors (Lipinski definition) is 4. The monoisotopic (exact) mass is 380 g/mol. The summed E-state index contributed by atoms with van der Waals surface area (Å²) in [4.78, 5) is 12.5. The molecule has 0 radical (unpaired) electrons. The van der Waals surface area contributed by atoms with Gasteiger partial charge in [-0.3, -0.25) is 4.79 Å². The standard InChI is InChI=1S/C21H17ClN2O3/c1-3-12-4-6-13(7-5-12)14-9-15-17(10-16(14)22)23-21(26)19(15)20(25)18-8-11(2)24-27-18/h4-10,25H,3H2,1-2H3,(H,23,26)/b20-19+. The lowest BCUT2D eigenvalue weighted by molar-refractivity contribution is -0.110. The molecule has 0 saturated heterocycles. The zero-order valence-electron chi connectivity index (χ0n) is 14.8. The number of hydrogen-bond donors (Lipinski definition) is 2. The van der Waals surface area contributed by atoms with E-state index in [1.807, 2.05) is 30.3 Å². The normalized spacial score (nSPS) is 14.9. The molecule has 0 atom stereocenters. The minimum Gasteiger partial charge on any atom is -0.504 e. The Kier molecular flexibility index (Phi) is 4.24. The molecule has 0 fully saturated rings. The van der Waals surface area contributed by atoms with Crippen molar-refractivity contribution in [2.45, 2.75) is 20.3 Å². The van der Waals surface area contributed by atoms with E-state index in [0.717, 1.165) is 17.5 Å². The van der Waals surface area contributed by atoms with Crippen molar-refractivity contribution in [3.8, 4) is 11.1 Å². The van der Waals surface area contributed by atoms with Crippen molar-refractivity contribution in [1.29, 1.82) is 0 Å². The van der Waals surface area contributed by atoms with Crippen molar-refractivity contribution >= 4 is 34.5 Å². The van der Waals surface area contributed by atoms with Crippen LogP contribution in [-0.2, 0) is 11.2 Å². The number of benzene rings is 2. The van der Waals surface area contributed by atoms with Gasteiger partial charge in [-0.15, -0.1) is 0 Å². The van der Waals surface area contributed by atoms with Gasteiger partial charge in [-0.05, 0) is 36.6 Å². The van der Waals surface area contributed by atoms with Gasteiger partial charge in [0.25, 0.3) is 5.91 Å². The molecule has 2 N–H and O–H groups in total. The number of carbonyl (C=O) groups is 1. The molecule has 1 aromatic heterocycles. The van der Waals surface area contributed by atoms with Gasteiger partial charge >= 0.3 is 0 Å². The third-order valence-electron chi connectivity index (χ3n) is 4.62. The van der Waals surface area contributed by atoms with Crippen molar-refractivity contribution in [1.82, 2.24) is 5.16 Å². The van der Waals surface area contributed by atoms with Crippen LogP contribution in [0.4, 0.5) is 5.69 Å². The van der Waals surface area contributed by atoms with E-state index in [0.29, 0.717) is 22.0 Å². The summed E-state index contributed by atoms with van der Waals surface area (Å²) in [6, 6.07) is 13.2. The molecular formula is C21H17ClN2O3. The van der Waals surface area contributed by atoms with Crippen LogP contribution >= 0.6 is 11.6 Å². The number of fused-ring (bicyclic) bond motifs is 1. The first-order chi connectivity index (χ1) is 13.0. The van der Waals surface area contributed by atoms with Crippen LogP contribution in [0.25, 0.3) is 22.5 Å². The van der Waals surface area contributed by atoms with Crippen LogP contribution in [0.5, 0.6) is 0 Å². The maximum atomic E-state index is 12.5. The number of rotatable bonds is 3. The summed E-state index contributed by atoms with van der Waals surface area (Å²) in [5, 5.41) is 17.6. The average molecular weight is 381 g/mol. The summed E-state index contributed by atoms with van der Waals surface area (Å²) in [7, 11) is 0. The average Bonchev–Trinajstić information content (AvgIpc) is 3.23. The first-order valence-electron chi connectivity index (χ1n) is 8.59. The molecular weight excluding hydrogens is 364 g/mol. The summed E-state index contributed by atoms with van der Waals surface area (Å²) in [5.74, 6) is -0.512. The number of carbonyl (C=O) groups excluding carboxylic acids is 1. The predicted molar refractivity (Wildman–Crippen MR) is 106 cm³/mol. The molecule has 136 valence electrons. The van der Waals surface area contributed by atoms with Gasteiger partial charge in [0.15, 0.2) is 5.76 Å². The summed E-state index contributed by atoms with van der Waals surface area (Å²) >= 11 is 6.45. The molecule has 0 saturated carbocycles. The Morgan fingerprint density at radius 1 is 1.19 bits per heavy atom. The SMILES string of the molecule is CCc1ccc(-c2cc3c(cc2Cl)NC(=O)/C3=C(/O)c2cc(C)no2)cc1. The zero-order valence-corrected chi connectivity index (χ0v) is 15.6. The van der Waals surface area contributed by atoms with E-state index in [1.54, 1.807) is 19.1 Å². The molecule has 2 heterocycles. The lowest BCUT2D eigenvalue weighted by atomic mass is 9.97. The van der Waals surface area contributed by atoms with E-state index < -0.39 is 5.91 Å². The maximum absolute atomic E-state index is 12.5. The molecule has 1 amide bonds. The molecule has 0 unspecified atom stereocenters. The van der Waals surface area contributed by atoms with Gasteiger partial charge in [-0.1, -0.05) is 47.9 Å². The Labute approximate surface area is 161 Å². The number of halogens is 1. The largest absolute Gasteiger partial charge is 0.504 e. The van der Waals surface area contributed by atoms with Crippen LogP contribution in [0.3, 0.4) is 0 Å². The zero-order chi connectivity index (χ0) is 19.1. The van der Waals surface area contributed by atoms with Gasteiger partial charge in [-0.25, -0.2) is 0 Å². The molecule has 0 spiro atoms. The number of nitrogens with one attached hydrogen (secondary N) is 1. The topological polar surface area (TPSA) is 75.4 Å². The Morgan fingerprint density at radius 2 is 1.93 bits per heavy atom. The second-order valence-corrected chi connectivity index (χ2v) is 6.85. The van der Waals surface area contributed by atoms with E-state index in [-0.39, 0.29) is 17.1 Å². The number of amides is 1. The first kappa shape index (κ1) is 17.4. The fourth-order valence-corrected chi connectivity index (χ4v) is 3.44. The Hall–Kier alpha value is -3.05. The minimum atomic E-state index is -0.411. The van der Waals surface area contributed by atoms with Crippen molar-refractivity contribution in [3.63, 3.8) is 0 Å². The molecule has 0 aliphatic carbocycles. The number of aromatic nitrogens is 1. The predicted octanol–water partition coefficient (Wildman–Crippen LogP) is 5.24. The van der Waals surface area contributed by atoms with Crippen molar-refractivity contribution in [3.05, 3.63) is 70.1 Å². The molecule has 27 heavy (non-hydrogen) atoms. The highest BCUT2D eigenvalue weighted by Gasteiger charge is 2.31. The quantitative estimate of drug-likeness (QED) is 0.481. The van der Waals surface area contributed by atoms with Gasteiger partial charge in [0, 0.05) is 17.2 Å². The smallest absolute Gasteiger partial charge is 0.260 e. The van der Waals surface area contributed by atoms with Crippen LogP contribution < -0.4 is 5.32 Å². The lowest BCUT2D eigenvalue weighted by Crippen LogP contribution is -2.05. The highest BCUT2D eigenvalue weighted by molar-refractivity contribution is 6.38. The molecule has 3 aromatic rings. The Balaban J connectivity index is 1.86. The minimum absolute atomic E-state index is 0.143. The summed E-state index contributed by atoms with van der Waals surface area (Å²) in [5.41, 5.74) is 4.84. The number of anilines is 1. The molecule has 5 nitrogen and oxygen atoms in total. The van der Waals surface area contributed by atoms with Crippen LogP contribution in [0, 0.1) is 6.92 Å². The first-order valence-corrected chi connectivity index (χ1v) is 8.97. The molecule has 1 aliphatic heterocycles. The van der Waals surface area contributed by atoms with Crippen LogP contribution in [-0.4, -0.2) is 16.2 Å². The van der Waals surface area contributed by atoms with E-state index in [9.17, 15) is 9.90 Å². The Morgan fingerprint density at radius 3 is 2.56 bits per heavy atom. The fourth-order valence-electron chi connectivity index (χ4n) is 3.17. The summed E-state index contributed by atoms with van der Waals surface area (Å²) in [6.45, 7) is 3.84. The summed E-state index contributed by atoms with van der Waals surface area (Å²) in [6.07, 6.45) is 0.952. The number of aliphatic hydroxyl groups excluding tert-OH is 1. The van der Waals surface area contributed by atoms with Gasteiger partial charge in [0.05, 0.1) is 22.0 Å². The second-order valence-electron chi connectivity index (χ2n) is 6.44. The van der Waals surface area contributed by atoms with Gasteiger partial charge in [0.2, 0.25) is 5.76 Å². The van der Waals surface area contributed by atoms with E-state index in [1.165, 1.54) is 5.56 Å². The highest BCUT2D eigenvalue weighted by atomic mass is 35.5. The molecule has 0 bridgehead atoms. The van der Waals surface area contributed by atoms with Crippen molar-refractivity contribution in [2.24, 2.45) is 0 Å². The van der Waals surface area contributed by atoms with Crippen LogP contribution in [0.15, 0.2) is 47.0 Å². The Bertz CT molecular complexity index is 1080. The van der Waals surface area contributed by atoms with Gasteiger partial charge < -0.3 is 14.9 Å². The molecule has 4 rings (SSSR count). The van der Waals surface area contributed by atoms with Gasteiger partial charge in [-0.2, -0.15) is 0 Å². The lowest BCUT2D eigenvalue weighted by Gasteiger charge is -2.09. The number of aryl methyl sites for hydroxylation is 2. The third-order valence-corrected chi connectivity index (χ3v) is 4.94. The van der Waals surface area contributed by atoms with Crippen molar-refractivity contribution in [2.75, 3.05) is 5.32 Å². The van der Waals surface area contributed by atoms with E-state index >= 15 is 0 Å². The molecule has 6 heteroatoms. The van der Waals surface area contributed by atoms with Crippen LogP contribution in [0.2, 0.25) is 5.02 Å². The summed E-state index contributed by atoms with van der Waals surface area (Å²) < 4.78 is 5.10. The second kappa shape index (κ2) is 6.59. The fraction of sp³-hybridized carbons (Fsp3) is 0.143. The highest BCUT2D eigenvalue weighted by Crippen LogP contribution is 2.42. The maximum Gasteiger partial charge on any atom is 0.260 e. The number of aliphatic hydroxyl groups is 1. The van der Waals surface area contributed by atoms with Crippen molar-refractivity contribution < 1.29 is 14.4 Å².